The largest absolute Gasteiger partial charge is 0.385 e. The Balaban J connectivity index is 2.16. The van der Waals surface area contributed by atoms with Crippen molar-refractivity contribution >= 4 is 0 Å². The summed E-state index contributed by atoms with van der Waals surface area (Å²) in [5.74, 6) is 0. The Kier molecular flexibility index (Phi) is 1.61. The molecule has 0 heterocycles. The molecule has 0 saturated heterocycles. The van der Waals surface area contributed by atoms with Crippen LogP contribution in [0.5, 0.6) is 0 Å². The summed E-state index contributed by atoms with van der Waals surface area (Å²) >= 11 is 0. The summed E-state index contributed by atoms with van der Waals surface area (Å²) in [5.41, 5.74) is 0.333. The van der Waals surface area contributed by atoms with E-state index >= 15 is 0 Å². The number of aliphatic hydroxyl groups excluding tert-OH is 1. The highest BCUT2D eigenvalue weighted by Crippen LogP contribution is 2.42. The molecule has 0 bridgehead atoms. The van der Waals surface area contributed by atoms with Crippen molar-refractivity contribution in [3.8, 4) is 0 Å². The van der Waals surface area contributed by atoms with Gasteiger partial charge in [-0.1, -0.05) is 37.1 Å². The zero-order valence-corrected chi connectivity index (χ0v) is 6.66. The van der Waals surface area contributed by atoms with Gasteiger partial charge in [0.25, 0.3) is 0 Å². The van der Waals surface area contributed by atoms with Gasteiger partial charge < -0.3 is 5.11 Å². The Morgan fingerprint density at radius 3 is 2.18 bits per heavy atom. The third-order valence-corrected chi connectivity index (χ3v) is 2.79. The molecule has 0 aliphatic heterocycles. The van der Waals surface area contributed by atoms with Crippen molar-refractivity contribution in [1.82, 2.24) is 0 Å². The van der Waals surface area contributed by atoms with Crippen molar-refractivity contribution < 1.29 is 5.11 Å². The van der Waals surface area contributed by atoms with Crippen LogP contribution >= 0.6 is 0 Å². The van der Waals surface area contributed by atoms with Crippen LogP contribution in [0.1, 0.15) is 25.7 Å². The molecule has 1 nitrogen and oxygen atoms in total. The summed E-state index contributed by atoms with van der Waals surface area (Å²) in [5, 5.41) is 9.18. The van der Waals surface area contributed by atoms with Crippen LogP contribution in [-0.2, 0) is 0 Å². The van der Waals surface area contributed by atoms with E-state index in [4.69, 9.17) is 0 Å². The maximum Gasteiger partial charge on any atom is 0.0903 e. The van der Waals surface area contributed by atoms with Gasteiger partial charge in [-0.25, -0.2) is 0 Å². The first kappa shape index (κ1) is 7.11. The van der Waals surface area contributed by atoms with Gasteiger partial charge in [-0.2, -0.15) is 0 Å². The fourth-order valence-electron chi connectivity index (χ4n) is 2.07. The summed E-state index contributed by atoms with van der Waals surface area (Å²) in [6, 6.07) is 0. The van der Waals surface area contributed by atoms with E-state index in [0.29, 0.717) is 5.41 Å². The van der Waals surface area contributed by atoms with E-state index in [0.717, 1.165) is 0 Å². The predicted octanol–water partition coefficient (Wildman–Crippen LogP) is 2.03. The molecule has 60 valence electrons. The highest BCUT2D eigenvalue weighted by molar-refractivity contribution is 5.22. The molecule has 0 aromatic carbocycles. The third-order valence-electron chi connectivity index (χ3n) is 2.79. The summed E-state index contributed by atoms with van der Waals surface area (Å²) < 4.78 is 0. The normalized spacial score (nSPS) is 28.5. The Hall–Kier alpha value is -0.560. The SMILES string of the molecule is OC1C=CC2(C=C1)CCCC2. The fourth-order valence-corrected chi connectivity index (χ4v) is 2.07. The van der Waals surface area contributed by atoms with Gasteiger partial charge >= 0.3 is 0 Å². The number of rotatable bonds is 0. The zero-order chi connectivity index (χ0) is 7.73. The number of hydrogen-bond donors (Lipinski definition) is 1. The van der Waals surface area contributed by atoms with E-state index < -0.39 is 0 Å². The van der Waals surface area contributed by atoms with Gasteiger partial charge in [-0.3, -0.25) is 0 Å². The molecule has 11 heavy (non-hydrogen) atoms. The van der Waals surface area contributed by atoms with Crippen molar-refractivity contribution in [2.24, 2.45) is 5.41 Å². The van der Waals surface area contributed by atoms with Crippen LogP contribution in [0.15, 0.2) is 24.3 Å². The lowest BCUT2D eigenvalue weighted by Crippen LogP contribution is -2.15. The van der Waals surface area contributed by atoms with E-state index in [9.17, 15) is 5.11 Å². The summed E-state index contributed by atoms with van der Waals surface area (Å²) in [6.45, 7) is 0. The smallest absolute Gasteiger partial charge is 0.0903 e. The Morgan fingerprint density at radius 2 is 1.64 bits per heavy atom. The minimum atomic E-state index is -0.332. The molecular weight excluding hydrogens is 136 g/mol. The molecule has 0 aromatic rings. The van der Waals surface area contributed by atoms with Crippen LogP contribution in [0, 0.1) is 5.41 Å². The Bertz CT molecular complexity index is 181. The average Bonchev–Trinajstić information content (AvgIpc) is 2.45. The molecule has 2 aliphatic rings. The van der Waals surface area contributed by atoms with Gasteiger partial charge in [0.05, 0.1) is 6.10 Å². The lowest BCUT2D eigenvalue weighted by Gasteiger charge is -2.24. The highest BCUT2D eigenvalue weighted by atomic mass is 16.3. The second-order valence-corrected chi connectivity index (χ2v) is 3.65. The fraction of sp³-hybridized carbons (Fsp3) is 0.600. The van der Waals surface area contributed by atoms with Crippen LogP contribution in [0.25, 0.3) is 0 Å². The first-order chi connectivity index (χ1) is 5.31. The van der Waals surface area contributed by atoms with Crippen LogP contribution in [0.3, 0.4) is 0 Å². The van der Waals surface area contributed by atoms with Crippen molar-refractivity contribution in [3.63, 3.8) is 0 Å². The maximum absolute atomic E-state index is 9.18. The molecule has 0 amide bonds. The zero-order valence-electron chi connectivity index (χ0n) is 6.66. The molecule has 1 fully saturated rings. The van der Waals surface area contributed by atoms with Gasteiger partial charge in [-0.05, 0) is 12.8 Å². The van der Waals surface area contributed by atoms with Gasteiger partial charge in [0.1, 0.15) is 0 Å². The lowest BCUT2D eigenvalue weighted by molar-refractivity contribution is 0.263. The quantitative estimate of drug-likeness (QED) is 0.524. The molecule has 2 rings (SSSR count). The highest BCUT2D eigenvalue weighted by Gasteiger charge is 2.29. The van der Waals surface area contributed by atoms with Crippen molar-refractivity contribution in [2.75, 3.05) is 0 Å². The monoisotopic (exact) mass is 150 g/mol. The number of hydrogen-bond acceptors (Lipinski definition) is 1. The second kappa shape index (κ2) is 2.49. The van der Waals surface area contributed by atoms with Crippen molar-refractivity contribution in [1.29, 1.82) is 0 Å². The van der Waals surface area contributed by atoms with E-state index in [1.807, 2.05) is 12.2 Å². The molecule has 0 unspecified atom stereocenters. The van der Waals surface area contributed by atoms with Gasteiger partial charge in [-0.15, -0.1) is 0 Å². The molecule has 0 atom stereocenters. The topological polar surface area (TPSA) is 20.2 Å². The van der Waals surface area contributed by atoms with Gasteiger partial charge in [0.15, 0.2) is 0 Å². The molecule has 1 saturated carbocycles. The molecular formula is C10H14O. The van der Waals surface area contributed by atoms with Crippen LogP contribution in [-0.4, -0.2) is 11.2 Å². The van der Waals surface area contributed by atoms with E-state index in [2.05, 4.69) is 12.2 Å². The Labute approximate surface area is 67.4 Å². The maximum atomic E-state index is 9.18. The minimum absolute atomic E-state index is 0.332. The van der Waals surface area contributed by atoms with Crippen molar-refractivity contribution in [3.05, 3.63) is 24.3 Å². The molecule has 1 heteroatoms. The Morgan fingerprint density at radius 1 is 1.09 bits per heavy atom. The standard InChI is InChI=1S/C10H14O/c11-9-3-7-10(8-4-9)5-1-2-6-10/h3-4,7-9,11H,1-2,5-6H2. The minimum Gasteiger partial charge on any atom is -0.385 e. The molecule has 1 spiro atoms. The van der Waals surface area contributed by atoms with Crippen LogP contribution in [0.4, 0.5) is 0 Å². The second-order valence-electron chi connectivity index (χ2n) is 3.65. The molecule has 0 aromatic heterocycles. The summed E-state index contributed by atoms with van der Waals surface area (Å²) in [7, 11) is 0. The van der Waals surface area contributed by atoms with Gasteiger partial charge in [0, 0.05) is 5.41 Å². The number of aliphatic hydroxyl groups is 1. The third kappa shape index (κ3) is 1.25. The van der Waals surface area contributed by atoms with Crippen LogP contribution in [0.2, 0.25) is 0 Å². The molecule has 0 radical (unpaired) electrons. The predicted molar refractivity (Wildman–Crippen MR) is 45.2 cm³/mol. The average molecular weight is 150 g/mol. The molecule has 1 N–H and O–H groups in total. The van der Waals surface area contributed by atoms with Crippen molar-refractivity contribution in [2.45, 2.75) is 31.8 Å². The van der Waals surface area contributed by atoms with Gasteiger partial charge in [0.2, 0.25) is 0 Å². The van der Waals surface area contributed by atoms with Crippen LogP contribution < -0.4 is 0 Å². The summed E-state index contributed by atoms with van der Waals surface area (Å²) in [6.07, 6.45) is 13.1. The molecule has 2 aliphatic carbocycles. The summed E-state index contributed by atoms with van der Waals surface area (Å²) in [4.78, 5) is 0. The van der Waals surface area contributed by atoms with E-state index in [1.165, 1.54) is 25.7 Å². The number of allylic oxidation sites excluding steroid dienone is 2. The first-order valence-corrected chi connectivity index (χ1v) is 4.38. The lowest BCUT2D eigenvalue weighted by atomic mass is 9.82. The van der Waals surface area contributed by atoms with E-state index in [-0.39, 0.29) is 6.10 Å². The van der Waals surface area contributed by atoms with E-state index in [1.54, 1.807) is 0 Å². The first-order valence-electron chi connectivity index (χ1n) is 4.38.